The highest BCUT2D eigenvalue weighted by Crippen LogP contribution is 2.60. The number of carbonyl (C=O) groups is 4. The number of rotatable bonds is 12. The van der Waals surface area contributed by atoms with Crippen LogP contribution in [-0.2, 0) is 43.2 Å². The number of carboxylic acids is 1. The molecule has 4 aliphatic heterocycles. The molecule has 1 spiro atoms. The standard InChI is InChI=1S/C29H46N2O10/c1-16(2)15-21(25(35)36)31-23(33)7-6-14-30-22(32)10-11-24(34)37-26-18(4)20-9-8-17(3)19-12-13-28(5)39-27(38-26)29(19,20)41-40-28/h16-21,26-27H,6-15H2,1-5H3,(H,30,32)(H,31,33)(H,35,36)/t17-,18-,19+,20+,21+,26-,27+,28+,29-/m1/s1. The summed E-state index contributed by atoms with van der Waals surface area (Å²) in [6, 6.07) is -0.930. The molecule has 3 N–H and O–H groups in total. The average molecular weight is 583 g/mol. The highest BCUT2D eigenvalue weighted by molar-refractivity contribution is 5.83. The second kappa shape index (κ2) is 12.9. The van der Waals surface area contributed by atoms with Crippen LogP contribution < -0.4 is 10.6 Å². The van der Waals surface area contributed by atoms with Crippen molar-refractivity contribution in [2.45, 2.75) is 122 Å². The van der Waals surface area contributed by atoms with Crippen molar-refractivity contribution in [1.29, 1.82) is 0 Å². The van der Waals surface area contributed by atoms with Crippen molar-refractivity contribution >= 4 is 23.8 Å². The van der Waals surface area contributed by atoms with Crippen LogP contribution in [0.3, 0.4) is 0 Å². The van der Waals surface area contributed by atoms with Crippen LogP contribution in [0.2, 0.25) is 0 Å². The van der Waals surface area contributed by atoms with Gasteiger partial charge in [0.1, 0.15) is 6.04 Å². The Kier molecular flexibility index (Phi) is 9.98. The van der Waals surface area contributed by atoms with Gasteiger partial charge in [-0.2, -0.15) is 0 Å². The number of carboxylic acid groups (broad SMARTS) is 1. The largest absolute Gasteiger partial charge is 0.480 e. The number of nitrogens with one attached hydrogen (secondary N) is 2. The van der Waals surface area contributed by atoms with E-state index in [-0.39, 0.29) is 61.3 Å². The lowest BCUT2D eigenvalue weighted by Gasteiger charge is -2.59. The second-order valence-corrected chi connectivity index (χ2v) is 12.8. The molecule has 9 atom stereocenters. The van der Waals surface area contributed by atoms with Gasteiger partial charge in [0.2, 0.25) is 23.9 Å². The van der Waals surface area contributed by atoms with E-state index in [1.54, 1.807) is 0 Å². The van der Waals surface area contributed by atoms with E-state index in [4.69, 9.17) is 24.0 Å². The molecule has 5 rings (SSSR count). The second-order valence-electron chi connectivity index (χ2n) is 12.8. The monoisotopic (exact) mass is 582 g/mol. The van der Waals surface area contributed by atoms with Crippen molar-refractivity contribution in [1.82, 2.24) is 10.6 Å². The molecular formula is C29H46N2O10. The first-order chi connectivity index (χ1) is 19.3. The first kappa shape index (κ1) is 31.7. The summed E-state index contributed by atoms with van der Waals surface area (Å²) >= 11 is 0. The first-order valence-corrected chi connectivity index (χ1v) is 15.0. The molecule has 0 aromatic rings. The zero-order chi connectivity index (χ0) is 29.9. The Balaban J connectivity index is 1.21. The first-order valence-electron chi connectivity index (χ1n) is 15.0. The smallest absolute Gasteiger partial charge is 0.326 e. The van der Waals surface area contributed by atoms with Gasteiger partial charge in [0, 0.05) is 37.6 Å². The molecule has 0 aromatic heterocycles. The molecule has 0 radical (unpaired) electrons. The highest BCUT2D eigenvalue weighted by atomic mass is 17.3. The van der Waals surface area contributed by atoms with E-state index in [1.165, 1.54) is 0 Å². The molecular weight excluding hydrogens is 536 g/mol. The third-order valence-corrected chi connectivity index (χ3v) is 9.14. The molecule has 2 bridgehead atoms. The van der Waals surface area contributed by atoms with Crippen molar-refractivity contribution in [2.75, 3.05) is 6.54 Å². The van der Waals surface area contributed by atoms with Gasteiger partial charge >= 0.3 is 11.9 Å². The van der Waals surface area contributed by atoms with E-state index in [0.29, 0.717) is 25.2 Å². The third-order valence-electron chi connectivity index (χ3n) is 9.14. The average Bonchev–Trinajstić information content (AvgIpc) is 3.13. The fourth-order valence-electron chi connectivity index (χ4n) is 6.94. The summed E-state index contributed by atoms with van der Waals surface area (Å²) in [7, 11) is 0. The topological polar surface area (TPSA) is 159 Å². The van der Waals surface area contributed by atoms with Crippen LogP contribution in [0.1, 0.15) is 92.4 Å². The lowest BCUT2D eigenvalue weighted by molar-refractivity contribution is -0.576. The zero-order valence-corrected chi connectivity index (χ0v) is 24.8. The van der Waals surface area contributed by atoms with Gasteiger partial charge in [0.05, 0.1) is 6.42 Å². The number of aliphatic carboxylic acids is 1. The minimum Gasteiger partial charge on any atom is -0.480 e. The molecule has 0 aromatic carbocycles. The third kappa shape index (κ3) is 7.03. The molecule has 4 heterocycles. The van der Waals surface area contributed by atoms with Gasteiger partial charge in [0.25, 0.3) is 0 Å². The van der Waals surface area contributed by atoms with Crippen molar-refractivity contribution in [3.63, 3.8) is 0 Å². The number of ether oxygens (including phenoxy) is 3. The van der Waals surface area contributed by atoms with Crippen LogP contribution >= 0.6 is 0 Å². The Hall–Kier alpha value is -2.28. The minimum absolute atomic E-state index is 0.0274. The van der Waals surface area contributed by atoms with E-state index in [2.05, 4.69) is 17.6 Å². The van der Waals surface area contributed by atoms with Crippen molar-refractivity contribution in [3.8, 4) is 0 Å². The Morgan fingerprint density at radius 3 is 2.46 bits per heavy atom. The van der Waals surface area contributed by atoms with Gasteiger partial charge in [0.15, 0.2) is 11.9 Å². The van der Waals surface area contributed by atoms with Gasteiger partial charge in [-0.15, -0.1) is 0 Å². The quantitative estimate of drug-likeness (QED) is 0.177. The predicted molar refractivity (Wildman–Crippen MR) is 143 cm³/mol. The molecule has 12 heteroatoms. The summed E-state index contributed by atoms with van der Waals surface area (Å²) in [6.07, 6.45) is 2.56. The molecule has 4 saturated heterocycles. The van der Waals surface area contributed by atoms with Gasteiger partial charge in [-0.1, -0.05) is 27.7 Å². The van der Waals surface area contributed by atoms with E-state index < -0.39 is 41.9 Å². The van der Waals surface area contributed by atoms with E-state index in [1.807, 2.05) is 27.7 Å². The number of hydrogen-bond acceptors (Lipinski definition) is 9. The normalized spacial score (nSPS) is 36.5. The number of fused-ring (bicyclic) bond motifs is 2. The summed E-state index contributed by atoms with van der Waals surface area (Å²) in [5, 5.41) is 14.5. The van der Waals surface area contributed by atoms with Crippen LogP contribution in [0.5, 0.6) is 0 Å². The molecule has 1 saturated carbocycles. The molecule has 0 unspecified atom stereocenters. The van der Waals surface area contributed by atoms with E-state index in [0.717, 1.165) is 19.3 Å². The number of hydrogen-bond donors (Lipinski definition) is 3. The van der Waals surface area contributed by atoms with Crippen molar-refractivity contribution < 1.29 is 48.3 Å². The van der Waals surface area contributed by atoms with Crippen LogP contribution in [-0.4, -0.2) is 65.4 Å². The summed E-state index contributed by atoms with van der Waals surface area (Å²) in [4.78, 5) is 60.3. The molecule has 2 amide bonds. The highest BCUT2D eigenvalue weighted by Gasteiger charge is 2.69. The predicted octanol–water partition coefficient (Wildman–Crippen LogP) is 3.03. The molecule has 12 nitrogen and oxygen atoms in total. The van der Waals surface area contributed by atoms with E-state index in [9.17, 15) is 24.3 Å². The Morgan fingerprint density at radius 2 is 1.76 bits per heavy atom. The number of carbonyl (C=O) groups excluding carboxylic acids is 3. The van der Waals surface area contributed by atoms with Gasteiger partial charge in [-0.05, 0) is 56.8 Å². The lowest BCUT2D eigenvalue weighted by atomic mass is 9.58. The fraction of sp³-hybridized carbons (Fsp3) is 0.862. The van der Waals surface area contributed by atoms with Crippen molar-refractivity contribution in [3.05, 3.63) is 0 Å². The van der Waals surface area contributed by atoms with Crippen LogP contribution in [0, 0.1) is 29.6 Å². The summed E-state index contributed by atoms with van der Waals surface area (Å²) in [5.41, 5.74) is -0.740. The Labute approximate surface area is 241 Å². The summed E-state index contributed by atoms with van der Waals surface area (Å²) in [6.45, 7) is 10.1. The van der Waals surface area contributed by atoms with Crippen LogP contribution in [0.4, 0.5) is 0 Å². The molecule has 1 aliphatic carbocycles. The summed E-state index contributed by atoms with van der Waals surface area (Å²) < 4.78 is 18.3. The number of esters is 1. The van der Waals surface area contributed by atoms with E-state index >= 15 is 0 Å². The molecule has 41 heavy (non-hydrogen) atoms. The molecule has 232 valence electrons. The maximum Gasteiger partial charge on any atom is 0.326 e. The SMILES string of the molecule is CC(C)C[C@H](NC(=O)CCCNC(=O)CCC(=O)O[C@@H]1O[C@H]2O[C@]3(C)CC[C@H]4[C@H](C)CC[C@@H]([C@H]1C)[C@@]24OO3)C(=O)O. The van der Waals surface area contributed by atoms with Crippen molar-refractivity contribution in [2.24, 2.45) is 29.6 Å². The zero-order valence-electron chi connectivity index (χ0n) is 24.8. The summed E-state index contributed by atoms with van der Waals surface area (Å²) in [5.74, 6) is -2.61. The van der Waals surface area contributed by atoms with Crippen LogP contribution in [0.15, 0.2) is 0 Å². The molecule has 5 aliphatic rings. The Bertz CT molecular complexity index is 991. The minimum atomic E-state index is -1.07. The fourth-order valence-corrected chi connectivity index (χ4v) is 6.94. The van der Waals surface area contributed by atoms with Gasteiger partial charge in [-0.3, -0.25) is 14.4 Å². The maximum absolute atomic E-state index is 12.7. The maximum atomic E-state index is 12.7. The lowest BCUT2D eigenvalue weighted by Crippen LogP contribution is -2.70. The number of amides is 2. The molecule has 5 fully saturated rings. The van der Waals surface area contributed by atoms with Gasteiger partial charge in [-0.25, -0.2) is 14.6 Å². The van der Waals surface area contributed by atoms with Crippen LogP contribution in [0.25, 0.3) is 0 Å². The Morgan fingerprint density at radius 1 is 1.00 bits per heavy atom. The van der Waals surface area contributed by atoms with Gasteiger partial charge < -0.3 is 30.0 Å².